The second-order valence-corrected chi connectivity index (χ2v) is 7.16. The van der Waals surface area contributed by atoms with Gasteiger partial charge in [-0.2, -0.15) is 5.10 Å². The zero-order valence-corrected chi connectivity index (χ0v) is 14.9. The maximum Gasteiger partial charge on any atom is 0.242 e. The topological polar surface area (TPSA) is 67.2 Å². The van der Waals surface area contributed by atoms with E-state index in [4.69, 9.17) is 0 Å². The van der Waals surface area contributed by atoms with Gasteiger partial charge in [-0.05, 0) is 44.4 Å². The van der Waals surface area contributed by atoms with Gasteiger partial charge in [0.1, 0.15) is 6.54 Å². The molecule has 0 saturated carbocycles. The Labute approximate surface area is 147 Å². The minimum absolute atomic E-state index is 0.0844. The van der Waals surface area contributed by atoms with E-state index in [1.807, 2.05) is 25.1 Å². The van der Waals surface area contributed by atoms with Gasteiger partial charge < -0.3 is 10.2 Å². The molecule has 0 aliphatic carbocycles. The zero-order chi connectivity index (χ0) is 17.8. The second-order valence-electron chi connectivity index (χ2n) is 7.16. The van der Waals surface area contributed by atoms with Crippen LogP contribution in [0.5, 0.6) is 0 Å². The number of hydrogen-bond donors (Lipinski definition) is 1. The number of nitrogens with one attached hydrogen (secondary N) is 1. The molecule has 25 heavy (non-hydrogen) atoms. The summed E-state index contributed by atoms with van der Waals surface area (Å²) < 4.78 is 1.59. The van der Waals surface area contributed by atoms with Crippen molar-refractivity contribution in [2.24, 2.45) is 5.92 Å². The second kappa shape index (κ2) is 7.78. The number of para-hydroxylation sites is 1. The van der Waals surface area contributed by atoms with Gasteiger partial charge in [-0.15, -0.1) is 0 Å². The molecule has 2 unspecified atom stereocenters. The predicted molar refractivity (Wildman–Crippen MR) is 98.4 cm³/mol. The van der Waals surface area contributed by atoms with Crippen LogP contribution in [0.1, 0.15) is 26.7 Å². The molecule has 1 amide bonds. The summed E-state index contributed by atoms with van der Waals surface area (Å²) in [6.07, 6.45) is 3.80. The van der Waals surface area contributed by atoms with Crippen LogP contribution in [0.25, 0.3) is 10.9 Å². The third-order valence-corrected chi connectivity index (χ3v) is 4.74. The first-order valence-electron chi connectivity index (χ1n) is 8.99. The van der Waals surface area contributed by atoms with Crippen molar-refractivity contribution in [3.8, 4) is 0 Å². The van der Waals surface area contributed by atoms with E-state index in [9.17, 15) is 9.59 Å². The van der Waals surface area contributed by atoms with Gasteiger partial charge in [0.15, 0.2) is 0 Å². The molecule has 1 aliphatic heterocycles. The largest absolute Gasteiger partial charge is 0.351 e. The van der Waals surface area contributed by atoms with Crippen molar-refractivity contribution >= 4 is 16.8 Å². The first kappa shape index (κ1) is 17.6. The third-order valence-electron chi connectivity index (χ3n) is 4.74. The Balaban J connectivity index is 1.61. The van der Waals surface area contributed by atoms with E-state index in [-0.39, 0.29) is 23.9 Å². The monoisotopic (exact) mass is 342 g/mol. The van der Waals surface area contributed by atoms with Crippen molar-refractivity contribution in [2.45, 2.75) is 39.3 Å². The van der Waals surface area contributed by atoms with Crippen molar-refractivity contribution in [2.75, 3.05) is 19.6 Å². The molecule has 1 aromatic heterocycles. The molecule has 6 heteroatoms. The Kier molecular flexibility index (Phi) is 5.48. The fraction of sp³-hybridized carbons (Fsp3) is 0.526. The average Bonchev–Trinajstić information content (AvgIpc) is 2.57. The van der Waals surface area contributed by atoms with Gasteiger partial charge in [-0.1, -0.05) is 19.1 Å². The lowest BCUT2D eigenvalue weighted by Crippen LogP contribution is -2.46. The number of piperidine rings is 1. The van der Waals surface area contributed by atoms with E-state index in [2.05, 4.69) is 22.2 Å². The van der Waals surface area contributed by atoms with Crippen LogP contribution in [-0.2, 0) is 11.3 Å². The van der Waals surface area contributed by atoms with Crippen LogP contribution < -0.4 is 10.7 Å². The van der Waals surface area contributed by atoms with Crippen LogP contribution in [0, 0.1) is 5.92 Å². The van der Waals surface area contributed by atoms with Crippen LogP contribution in [0.15, 0.2) is 35.3 Å². The normalized spacial score (nSPS) is 19.7. The lowest BCUT2D eigenvalue weighted by Gasteiger charge is -2.32. The number of amides is 1. The molecule has 3 rings (SSSR count). The van der Waals surface area contributed by atoms with Crippen LogP contribution >= 0.6 is 0 Å². The highest BCUT2D eigenvalue weighted by Gasteiger charge is 2.19. The summed E-state index contributed by atoms with van der Waals surface area (Å²) in [7, 11) is 0. The molecule has 1 saturated heterocycles. The summed E-state index contributed by atoms with van der Waals surface area (Å²) in [5.41, 5.74) is 0.558. The molecular weight excluding hydrogens is 316 g/mol. The Morgan fingerprint density at radius 2 is 2.20 bits per heavy atom. The van der Waals surface area contributed by atoms with Crippen LogP contribution in [0.2, 0.25) is 0 Å². The third kappa shape index (κ3) is 4.45. The summed E-state index contributed by atoms with van der Waals surface area (Å²) in [6, 6.07) is 7.32. The fourth-order valence-electron chi connectivity index (χ4n) is 3.63. The molecule has 0 bridgehead atoms. The van der Waals surface area contributed by atoms with Crippen molar-refractivity contribution < 1.29 is 4.79 Å². The lowest BCUT2D eigenvalue weighted by atomic mass is 10.00. The summed E-state index contributed by atoms with van der Waals surface area (Å²) in [5.74, 6) is 0.646. The number of aromatic nitrogens is 2. The molecule has 2 heterocycles. The molecule has 134 valence electrons. The van der Waals surface area contributed by atoms with E-state index in [1.54, 1.807) is 10.7 Å². The maximum absolute atomic E-state index is 12.4. The number of benzene rings is 1. The van der Waals surface area contributed by atoms with Gasteiger partial charge in [0, 0.05) is 24.5 Å². The first-order chi connectivity index (χ1) is 12.0. The summed E-state index contributed by atoms with van der Waals surface area (Å²) in [5, 5.41) is 7.75. The van der Waals surface area contributed by atoms with Crippen molar-refractivity contribution in [3.05, 3.63) is 40.7 Å². The molecule has 1 aliphatic rings. The van der Waals surface area contributed by atoms with Crippen LogP contribution in [0.4, 0.5) is 0 Å². The van der Waals surface area contributed by atoms with E-state index in [1.165, 1.54) is 19.0 Å². The molecule has 1 fully saturated rings. The number of fused-ring (bicyclic) bond motifs is 1. The number of nitrogens with zero attached hydrogens (tertiary/aromatic N) is 3. The van der Waals surface area contributed by atoms with E-state index < -0.39 is 0 Å². The summed E-state index contributed by atoms with van der Waals surface area (Å²) >= 11 is 0. The summed E-state index contributed by atoms with van der Waals surface area (Å²) in [6.45, 7) is 7.51. The first-order valence-corrected chi connectivity index (χ1v) is 8.99. The molecular formula is C19H26N4O2. The molecule has 0 radical (unpaired) electrons. The SMILES string of the molecule is CC1CCCN(CC(C)NC(=O)Cn2ncc(=O)c3ccccc32)C1. The molecule has 2 aromatic rings. The standard InChI is InChI=1S/C19H26N4O2/c1-14-6-5-9-22(11-14)12-15(2)21-19(25)13-23-17-8-4-3-7-16(17)18(24)10-20-23/h3-4,7-8,10,14-15H,5-6,9,11-13H2,1-2H3,(H,21,25). The van der Waals surface area contributed by atoms with Crippen molar-refractivity contribution in [3.63, 3.8) is 0 Å². The highest BCUT2D eigenvalue weighted by atomic mass is 16.2. The number of hydrogen-bond acceptors (Lipinski definition) is 4. The highest BCUT2D eigenvalue weighted by molar-refractivity contribution is 5.81. The number of likely N-dealkylation sites (tertiary alicyclic amines) is 1. The molecule has 1 aromatic carbocycles. The van der Waals surface area contributed by atoms with Gasteiger partial charge in [-0.3, -0.25) is 14.3 Å². The Morgan fingerprint density at radius 3 is 3.00 bits per heavy atom. The smallest absolute Gasteiger partial charge is 0.242 e. The minimum atomic E-state index is -0.125. The van der Waals surface area contributed by atoms with E-state index >= 15 is 0 Å². The highest BCUT2D eigenvalue weighted by Crippen LogP contribution is 2.15. The quantitative estimate of drug-likeness (QED) is 0.897. The van der Waals surface area contributed by atoms with Gasteiger partial charge >= 0.3 is 0 Å². The molecule has 0 spiro atoms. The Bertz CT molecular complexity index is 801. The van der Waals surface area contributed by atoms with Gasteiger partial charge in [-0.25, -0.2) is 0 Å². The molecule has 6 nitrogen and oxygen atoms in total. The number of rotatable bonds is 5. The molecule has 2 atom stereocenters. The van der Waals surface area contributed by atoms with Gasteiger partial charge in [0.2, 0.25) is 11.3 Å². The van der Waals surface area contributed by atoms with Gasteiger partial charge in [0.05, 0.1) is 11.7 Å². The Hall–Kier alpha value is -2.21. The van der Waals surface area contributed by atoms with E-state index in [0.717, 1.165) is 25.6 Å². The number of carbonyl (C=O) groups excluding carboxylic acids is 1. The average molecular weight is 342 g/mol. The molecule has 1 N–H and O–H groups in total. The maximum atomic E-state index is 12.4. The van der Waals surface area contributed by atoms with Crippen molar-refractivity contribution in [1.82, 2.24) is 20.0 Å². The fourth-order valence-corrected chi connectivity index (χ4v) is 3.63. The lowest BCUT2D eigenvalue weighted by molar-refractivity contribution is -0.122. The van der Waals surface area contributed by atoms with E-state index in [0.29, 0.717) is 10.9 Å². The predicted octanol–water partition coefficient (Wildman–Crippen LogP) is 1.63. The van der Waals surface area contributed by atoms with Crippen LogP contribution in [0.3, 0.4) is 0 Å². The van der Waals surface area contributed by atoms with Crippen molar-refractivity contribution in [1.29, 1.82) is 0 Å². The van der Waals surface area contributed by atoms with Gasteiger partial charge in [0.25, 0.3) is 0 Å². The minimum Gasteiger partial charge on any atom is -0.351 e. The zero-order valence-electron chi connectivity index (χ0n) is 14.9. The summed E-state index contributed by atoms with van der Waals surface area (Å²) in [4.78, 5) is 26.7. The van der Waals surface area contributed by atoms with Crippen LogP contribution in [-0.4, -0.2) is 46.3 Å². The Morgan fingerprint density at radius 1 is 1.40 bits per heavy atom. The number of carbonyl (C=O) groups is 1.